The van der Waals surface area contributed by atoms with E-state index in [1.165, 1.54) is 0 Å². The monoisotopic (exact) mass is 272 g/mol. The minimum atomic E-state index is 0.272. The Morgan fingerprint density at radius 1 is 1.05 bits per heavy atom. The Bertz CT molecular complexity index is 575. The van der Waals surface area contributed by atoms with Crippen LogP contribution in [-0.2, 0) is 4.74 Å². The van der Waals surface area contributed by atoms with Crippen LogP contribution in [-0.4, -0.2) is 25.9 Å². The maximum absolute atomic E-state index is 5.87. The minimum Gasteiger partial charge on any atom is -0.493 e. The van der Waals surface area contributed by atoms with Crippen LogP contribution in [0.5, 0.6) is 11.5 Å². The Morgan fingerprint density at radius 3 is 2.30 bits per heavy atom. The fraction of sp³-hybridized carbons (Fsp3) is 0.412. The molecule has 0 radical (unpaired) electrons. The summed E-state index contributed by atoms with van der Waals surface area (Å²) in [6.45, 7) is 4.37. The molecule has 1 unspecified atom stereocenters. The molecule has 2 aromatic rings. The highest BCUT2D eigenvalue weighted by atomic mass is 16.6. The van der Waals surface area contributed by atoms with Crippen LogP contribution in [0.25, 0.3) is 10.8 Å². The van der Waals surface area contributed by atoms with Gasteiger partial charge in [-0.2, -0.15) is 0 Å². The lowest BCUT2D eigenvalue weighted by atomic mass is 10.1. The molecule has 0 amide bonds. The Kier molecular flexibility index (Phi) is 4.07. The summed E-state index contributed by atoms with van der Waals surface area (Å²) in [5.41, 5.74) is 0. The Balaban J connectivity index is 1.83. The molecule has 1 heterocycles. The summed E-state index contributed by atoms with van der Waals surface area (Å²) in [5.74, 6) is 1.84. The van der Waals surface area contributed by atoms with Crippen molar-refractivity contribution < 1.29 is 14.2 Å². The zero-order chi connectivity index (χ0) is 13.8. The van der Waals surface area contributed by atoms with Gasteiger partial charge in [-0.3, -0.25) is 0 Å². The van der Waals surface area contributed by atoms with Gasteiger partial charge in [-0.1, -0.05) is 37.6 Å². The number of ether oxygens (including phenoxy) is 3. The molecule has 0 saturated carbocycles. The van der Waals surface area contributed by atoms with Gasteiger partial charge >= 0.3 is 0 Å². The van der Waals surface area contributed by atoms with Crippen LogP contribution < -0.4 is 9.47 Å². The number of unbranched alkanes of at least 4 members (excludes halogenated alkanes) is 1. The van der Waals surface area contributed by atoms with E-state index in [9.17, 15) is 0 Å². The van der Waals surface area contributed by atoms with Crippen molar-refractivity contribution in [1.82, 2.24) is 0 Å². The fourth-order valence-corrected chi connectivity index (χ4v) is 2.17. The highest BCUT2D eigenvalue weighted by Crippen LogP contribution is 2.33. The molecule has 1 saturated heterocycles. The van der Waals surface area contributed by atoms with E-state index < -0.39 is 0 Å². The molecule has 0 aromatic heterocycles. The topological polar surface area (TPSA) is 31.0 Å². The molecule has 20 heavy (non-hydrogen) atoms. The van der Waals surface area contributed by atoms with E-state index in [0.29, 0.717) is 6.61 Å². The van der Waals surface area contributed by atoms with Gasteiger partial charge in [0, 0.05) is 10.8 Å². The van der Waals surface area contributed by atoms with Crippen molar-refractivity contribution >= 4 is 10.8 Å². The van der Waals surface area contributed by atoms with Gasteiger partial charge in [0.15, 0.2) is 0 Å². The van der Waals surface area contributed by atoms with Crippen LogP contribution in [0.3, 0.4) is 0 Å². The lowest BCUT2D eigenvalue weighted by molar-refractivity contribution is 0.265. The molecule has 3 rings (SSSR count). The maximum Gasteiger partial charge on any atom is 0.127 e. The Morgan fingerprint density at radius 2 is 1.70 bits per heavy atom. The molecule has 106 valence electrons. The van der Waals surface area contributed by atoms with Crippen molar-refractivity contribution in [3.8, 4) is 11.5 Å². The van der Waals surface area contributed by atoms with E-state index in [4.69, 9.17) is 14.2 Å². The van der Waals surface area contributed by atoms with Gasteiger partial charge in [0.2, 0.25) is 0 Å². The third kappa shape index (κ3) is 3.05. The van der Waals surface area contributed by atoms with Crippen LogP contribution in [0, 0.1) is 0 Å². The smallest absolute Gasteiger partial charge is 0.127 e. The van der Waals surface area contributed by atoms with Crippen molar-refractivity contribution in [3.63, 3.8) is 0 Å². The van der Waals surface area contributed by atoms with Crippen LogP contribution >= 0.6 is 0 Å². The van der Waals surface area contributed by atoms with E-state index in [2.05, 4.69) is 19.1 Å². The SMILES string of the molecule is CCCCOc1ccc(OCC2CO2)c2ccccc12. The first kappa shape index (κ1) is 13.3. The molecule has 0 spiro atoms. The largest absolute Gasteiger partial charge is 0.493 e. The highest BCUT2D eigenvalue weighted by Gasteiger charge is 2.23. The molecule has 1 aliphatic rings. The first-order valence-corrected chi connectivity index (χ1v) is 7.27. The first-order chi connectivity index (χ1) is 9.88. The molecule has 1 atom stereocenters. The fourth-order valence-electron chi connectivity index (χ4n) is 2.17. The molecule has 3 nitrogen and oxygen atoms in total. The number of rotatable bonds is 7. The van der Waals surface area contributed by atoms with E-state index in [1.807, 2.05) is 24.3 Å². The summed E-state index contributed by atoms with van der Waals surface area (Å²) in [6.07, 6.45) is 2.49. The lowest BCUT2D eigenvalue weighted by Crippen LogP contribution is -2.04. The molecular formula is C17H20O3. The molecule has 0 bridgehead atoms. The Hall–Kier alpha value is -1.74. The zero-order valence-corrected chi connectivity index (χ0v) is 11.8. The van der Waals surface area contributed by atoms with Crippen LogP contribution in [0.2, 0.25) is 0 Å². The standard InChI is InChI=1S/C17H20O3/c1-2-3-10-18-16-8-9-17(20-12-13-11-19-13)15-7-5-4-6-14(15)16/h4-9,13H,2-3,10-12H2,1H3. The third-order valence-corrected chi connectivity index (χ3v) is 3.43. The van der Waals surface area contributed by atoms with E-state index in [0.717, 1.165) is 48.3 Å². The summed E-state index contributed by atoms with van der Waals surface area (Å²) >= 11 is 0. The van der Waals surface area contributed by atoms with Crippen LogP contribution in [0.4, 0.5) is 0 Å². The highest BCUT2D eigenvalue weighted by molar-refractivity contribution is 5.93. The molecule has 0 N–H and O–H groups in total. The predicted octanol–water partition coefficient (Wildman–Crippen LogP) is 3.80. The van der Waals surface area contributed by atoms with Gasteiger partial charge in [0.05, 0.1) is 13.2 Å². The van der Waals surface area contributed by atoms with Gasteiger partial charge in [0.25, 0.3) is 0 Å². The molecule has 3 heteroatoms. The molecule has 0 aliphatic carbocycles. The molecule has 1 fully saturated rings. The van der Waals surface area contributed by atoms with E-state index in [1.54, 1.807) is 0 Å². The summed E-state index contributed by atoms with van der Waals surface area (Å²) in [7, 11) is 0. The number of hydrogen-bond donors (Lipinski definition) is 0. The van der Waals surface area contributed by atoms with E-state index >= 15 is 0 Å². The number of benzene rings is 2. The quantitative estimate of drug-likeness (QED) is 0.567. The van der Waals surface area contributed by atoms with Gasteiger partial charge in [-0.05, 0) is 18.6 Å². The van der Waals surface area contributed by atoms with Gasteiger partial charge in [0.1, 0.15) is 24.2 Å². The average molecular weight is 272 g/mol. The number of hydrogen-bond acceptors (Lipinski definition) is 3. The normalized spacial score (nSPS) is 17.1. The van der Waals surface area contributed by atoms with Crippen molar-refractivity contribution in [2.24, 2.45) is 0 Å². The lowest BCUT2D eigenvalue weighted by Gasteiger charge is -2.13. The number of fused-ring (bicyclic) bond motifs is 1. The molecular weight excluding hydrogens is 252 g/mol. The average Bonchev–Trinajstić information content (AvgIpc) is 3.30. The van der Waals surface area contributed by atoms with Crippen molar-refractivity contribution in [3.05, 3.63) is 36.4 Å². The van der Waals surface area contributed by atoms with Gasteiger partial charge < -0.3 is 14.2 Å². The predicted molar refractivity (Wildman–Crippen MR) is 79.6 cm³/mol. The summed E-state index contributed by atoms with van der Waals surface area (Å²) in [6, 6.07) is 12.2. The molecule has 2 aromatic carbocycles. The van der Waals surface area contributed by atoms with Crippen LogP contribution in [0.1, 0.15) is 19.8 Å². The van der Waals surface area contributed by atoms with E-state index in [-0.39, 0.29) is 6.10 Å². The first-order valence-electron chi connectivity index (χ1n) is 7.27. The van der Waals surface area contributed by atoms with Gasteiger partial charge in [-0.15, -0.1) is 0 Å². The Labute approximate surface area is 119 Å². The van der Waals surface area contributed by atoms with Crippen molar-refractivity contribution in [2.75, 3.05) is 19.8 Å². The van der Waals surface area contributed by atoms with Crippen molar-refractivity contribution in [1.29, 1.82) is 0 Å². The molecule has 1 aliphatic heterocycles. The second kappa shape index (κ2) is 6.14. The maximum atomic E-state index is 5.87. The second-order valence-electron chi connectivity index (χ2n) is 5.08. The number of epoxide rings is 1. The second-order valence-corrected chi connectivity index (χ2v) is 5.08. The minimum absolute atomic E-state index is 0.272. The van der Waals surface area contributed by atoms with Gasteiger partial charge in [-0.25, -0.2) is 0 Å². The zero-order valence-electron chi connectivity index (χ0n) is 11.8. The summed E-state index contributed by atoms with van der Waals surface area (Å²) < 4.78 is 16.9. The summed E-state index contributed by atoms with van der Waals surface area (Å²) in [5, 5.41) is 2.21. The van der Waals surface area contributed by atoms with Crippen molar-refractivity contribution in [2.45, 2.75) is 25.9 Å². The summed E-state index contributed by atoms with van der Waals surface area (Å²) in [4.78, 5) is 0. The third-order valence-electron chi connectivity index (χ3n) is 3.43. The van der Waals surface area contributed by atoms with Crippen LogP contribution in [0.15, 0.2) is 36.4 Å².